The number of fused-ring (bicyclic) bond motifs is 3. The Bertz CT molecular complexity index is 1710. The van der Waals surface area contributed by atoms with Crippen LogP contribution in [0.5, 0.6) is 0 Å². The fourth-order valence-electron chi connectivity index (χ4n) is 3.94. The number of hydrogen-bond donors (Lipinski definition) is 0. The van der Waals surface area contributed by atoms with Crippen LogP contribution in [0, 0.1) is 19.0 Å². The molecule has 0 N–H and O–H groups in total. The van der Waals surface area contributed by atoms with Gasteiger partial charge < -0.3 is 14.4 Å². The summed E-state index contributed by atoms with van der Waals surface area (Å²) >= 11 is 0. The molecule has 6 rings (SSSR count). The van der Waals surface area contributed by atoms with Crippen LogP contribution in [0.4, 0.5) is 0 Å². The van der Waals surface area contributed by atoms with E-state index in [9.17, 15) is 0 Å². The van der Waals surface area contributed by atoms with Crippen molar-refractivity contribution in [3.63, 3.8) is 0 Å². The van der Waals surface area contributed by atoms with Gasteiger partial charge in [-0.1, -0.05) is 50.0 Å². The molecule has 3 aromatic carbocycles. The van der Waals surface area contributed by atoms with Gasteiger partial charge in [0.05, 0.1) is 8.07 Å². The number of benzene rings is 3. The normalized spacial score (nSPS) is 12.6. The van der Waals surface area contributed by atoms with Crippen LogP contribution in [0.2, 0.25) is 19.6 Å². The summed E-state index contributed by atoms with van der Waals surface area (Å²) in [6.07, 6.45) is 3.74. The summed E-state index contributed by atoms with van der Waals surface area (Å²) < 4.78 is 28.8. The predicted molar refractivity (Wildman–Crippen MR) is 152 cm³/mol. The third-order valence-electron chi connectivity index (χ3n) is 5.98. The maximum Gasteiger partial charge on any atom is 0.138 e. The SMILES string of the molecule is C[Si](C)(C)c1ccc(-c2[c-]cccc2)nc1.[2H]C([2H])([2H])c1cccc2c1oc1cc(-c3[c-]cccc3)ncc12.[Ir]. The third-order valence-corrected chi connectivity index (χ3v) is 8.01. The second kappa shape index (κ2) is 11.3. The van der Waals surface area contributed by atoms with E-state index in [2.05, 4.69) is 53.9 Å². The van der Waals surface area contributed by atoms with Crippen LogP contribution in [-0.4, -0.2) is 18.0 Å². The number of pyridine rings is 2. The number of aromatic nitrogens is 2. The molecule has 0 unspecified atom stereocenters. The molecule has 3 nitrogen and oxygen atoms in total. The average molecular weight is 680 g/mol. The molecule has 3 aromatic heterocycles. The molecule has 3 heterocycles. The standard InChI is InChI=1S/C18H12NO.C14H16NSi.Ir/c1-12-6-5-9-14-15-11-19-16(10-17(15)20-18(12)14)13-7-3-2-4-8-13;1-16(2,3)13-9-10-14(15-11-13)12-7-5-4-6-8-12;/h2-7,9-11H,1H3;4-7,9-11H,1-3H3;/q2*-1;/i1D3;;. The topological polar surface area (TPSA) is 38.9 Å². The van der Waals surface area contributed by atoms with E-state index in [0.717, 1.165) is 33.3 Å². The Morgan fingerprint density at radius 2 is 1.46 bits per heavy atom. The van der Waals surface area contributed by atoms with E-state index in [1.54, 1.807) is 18.3 Å². The molecule has 0 fully saturated rings. The molecule has 5 heteroatoms. The summed E-state index contributed by atoms with van der Waals surface area (Å²) in [6.45, 7) is 4.78. The molecule has 0 saturated carbocycles. The molecule has 0 amide bonds. The van der Waals surface area contributed by atoms with Crippen LogP contribution in [0.3, 0.4) is 0 Å². The van der Waals surface area contributed by atoms with Gasteiger partial charge in [0, 0.05) is 47.4 Å². The zero-order chi connectivity index (χ0) is 27.6. The Morgan fingerprint density at radius 1 is 0.757 bits per heavy atom. The first kappa shape index (κ1) is 22.8. The Hall–Kier alpha value is -3.37. The van der Waals surface area contributed by atoms with Gasteiger partial charge in [-0.05, 0) is 35.1 Å². The maximum absolute atomic E-state index is 7.66. The number of furan rings is 1. The molecule has 187 valence electrons. The molecule has 6 aromatic rings. The summed E-state index contributed by atoms with van der Waals surface area (Å²) in [5.74, 6) is 0. The Balaban J connectivity index is 0.000000192. The minimum Gasteiger partial charge on any atom is -0.456 e. The second-order valence-corrected chi connectivity index (χ2v) is 14.7. The fourth-order valence-corrected chi connectivity index (χ4v) is 4.98. The van der Waals surface area contributed by atoms with E-state index >= 15 is 0 Å². The van der Waals surface area contributed by atoms with Gasteiger partial charge in [0.15, 0.2) is 0 Å². The number of rotatable bonds is 3. The molecule has 37 heavy (non-hydrogen) atoms. The van der Waals surface area contributed by atoms with Crippen LogP contribution < -0.4 is 5.19 Å². The van der Waals surface area contributed by atoms with E-state index in [-0.39, 0.29) is 25.7 Å². The first-order valence-electron chi connectivity index (χ1n) is 13.3. The minimum absolute atomic E-state index is 0. The molecule has 1 radical (unpaired) electrons. The number of hydrogen-bond acceptors (Lipinski definition) is 3. The van der Waals surface area contributed by atoms with Gasteiger partial charge in [0.1, 0.15) is 11.2 Å². The van der Waals surface area contributed by atoms with Crippen LogP contribution in [-0.2, 0) is 20.1 Å². The van der Waals surface area contributed by atoms with E-state index < -0.39 is 14.9 Å². The zero-order valence-electron chi connectivity index (χ0n) is 23.9. The first-order valence-corrected chi connectivity index (χ1v) is 15.3. The maximum atomic E-state index is 7.66. The van der Waals surface area contributed by atoms with Crippen molar-refractivity contribution < 1.29 is 28.6 Å². The summed E-state index contributed by atoms with van der Waals surface area (Å²) in [5, 5.41) is 2.97. The van der Waals surface area contributed by atoms with E-state index in [1.165, 1.54) is 5.19 Å². The summed E-state index contributed by atoms with van der Waals surface area (Å²) in [6, 6.07) is 33.1. The number of para-hydroxylation sites is 1. The van der Waals surface area contributed by atoms with Crippen LogP contribution in [0.15, 0.2) is 102 Å². The molecule has 0 aliphatic heterocycles. The summed E-state index contributed by atoms with van der Waals surface area (Å²) in [5.41, 5.74) is 4.92. The van der Waals surface area contributed by atoms with Crippen LogP contribution in [0.25, 0.3) is 44.5 Å². The van der Waals surface area contributed by atoms with Gasteiger partial charge in [-0.15, -0.1) is 71.8 Å². The molecule has 0 atom stereocenters. The summed E-state index contributed by atoms with van der Waals surface area (Å²) in [7, 11) is -1.23. The smallest absolute Gasteiger partial charge is 0.138 e. The van der Waals surface area contributed by atoms with Gasteiger partial charge in [0.25, 0.3) is 0 Å². The van der Waals surface area contributed by atoms with Crippen molar-refractivity contribution in [1.29, 1.82) is 0 Å². The van der Waals surface area contributed by atoms with Crippen LogP contribution >= 0.6 is 0 Å². The third kappa shape index (κ3) is 5.96. The van der Waals surface area contributed by atoms with Gasteiger partial charge in [-0.3, -0.25) is 0 Å². The van der Waals surface area contributed by atoms with Gasteiger partial charge in [-0.25, -0.2) is 0 Å². The van der Waals surface area contributed by atoms with E-state index in [0.29, 0.717) is 11.2 Å². The van der Waals surface area contributed by atoms with Crippen molar-refractivity contribution in [1.82, 2.24) is 9.97 Å². The van der Waals surface area contributed by atoms with Crippen molar-refractivity contribution in [3.8, 4) is 22.5 Å². The minimum atomic E-state index is -2.21. The molecule has 0 spiro atoms. The number of aryl methyl sites for hydroxylation is 1. The summed E-state index contributed by atoms with van der Waals surface area (Å²) in [4.78, 5) is 8.98. The van der Waals surface area contributed by atoms with E-state index in [1.807, 2.05) is 66.9 Å². The molecule has 0 aliphatic carbocycles. The predicted octanol–water partition coefficient (Wildman–Crippen LogP) is 7.85. The fraction of sp³-hybridized carbons (Fsp3) is 0.125. The molecule has 0 saturated heterocycles. The Kier molecular flexibility index (Phi) is 6.99. The quantitative estimate of drug-likeness (QED) is 0.141. The van der Waals surface area contributed by atoms with Crippen molar-refractivity contribution in [2.45, 2.75) is 26.5 Å². The number of nitrogens with zero attached hydrogens (tertiary/aromatic N) is 2. The van der Waals surface area contributed by atoms with E-state index in [4.69, 9.17) is 8.53 Å². The molecular weight excluding hydrogens is 649 g/mol. The monoisotopic (exact) mass is 680 g/mol. The largest absolute Gasteiger partial charge is 0.456 e. The van der Waals surface area contributed by atoms with Crippen LogP contribution in [0.1, 0.15) is 9.68 Å². The van der Waals surface area contributed by atoms with Gasteiger partial charge in [0.2, 0.25) is 0 Å². The van der Waals surface area contributed by atoms with Crippen molar-refractivity contribution in [3.05, 3.63) is 115 Å². The van der Waals surface area contributed by atoms with Crippen molar-refractivity contribution in [2.24, 2.45) is 0 Å². The Labute approximate surface area is 237 Å². The zero-order valence-corrected chi connectivity index (χ0v) is 24.3. The molecule has 0 bridgehead atoms. The van der Waals surface area contributed by atoms with Gasteiger partial charge >= 0.3 is 0 Å². The molecule has 0 aliphatic rings. The average Bonchev–Trinajstić information content (AvgIpc) is 3.31. The van der Waals surface area contributed by atoms with Crippen molar-refractivity contribution >= 4 is 35.2 Å². The first-order chi connectivity index (χ1) is 18.6. The van der Waals surface area contributed by atoms with Gasteiger partial charge in [-0.2, -0.15) is 0 Å². The molecular formula is C32H28IrN2OSi-2. The Morgan fingerprint density at radius 3 is 2.05 bits per heavy atom. The second-order valence-electron chi connectivity index (χ2n) is 9.58. The van der Waals surface area contributed by atoms with Crippen molar-refractivity contribution in [2.75, 3.05) is 0 Å².